The molecule has 2 aromatic carbocycles. The minimum atomic E-state index is -2.23. The van der Waals surface area contributed by atoms with Crippen LogP contribution in [0.5, 0.6) is 11.5 Å². The Morgan fingerprint density at radius 1 is 0.696 bits per heavy atom. The number of carbonyl (C=O) groups excluding carboxylic acids is 4. The highest BCUT2D eigenvalue weighted by Crippen LogP contribution is 2.37. The van der Waals surface area contributed by atoms with E-state index in [1.54, 1.807) is 0 Å². The minimum Gasteiger partial charge on any atom is -0.493 e. The Morgan fingerprint density at radius 2 is 1.13 bits per heavy atom. The molecule has 1 aliphatic carbocycles. The molecule has 0 fully saturated rings. The average Bonchev–Trinajstić information content (AvgIpc) is 2.99. The van der Waals surface area contributed by atoms with Crippen molar-refractivity contribution in [3.8, 4) is 11.5 Å². The maximum absolute atomic E-state index is 13.2. The summed E-state index contributed by atoms with van der Waals surface area (Å²) in [6.07, 6.45) is 0.815. The highest BCUT2D eigenvalue weighted by atomic mass is 16.5. The predicted octanol–water partition coefficient (Wildman–Crippen LogP) is 3.38. The molecule has 1 aliphatic rings. The molecule has 0 amide bonds. The standard InChI is InChI=1S/C34H36O12/c1-32(2,43)28(37)20-5-9-22(10-6-20)45-17-14-26(35)24-13-16-34(31(41)42,19-25(24)30(39)40)27(36)15-18-46-23-11-7-21(8-12-23)29(38)33(3,4)44/h5-13,19,43-44H,14-18H2,1-4H3,(H,39,40)(H,41,42). The van der Waals surface area contributed by atoms with Crippen LogP contribution in [-0.4, -0.2) is 79.9 Å². The number of allylic oxidation sites excluding steroid dienone is 1. The number of aliphatic carboxylic acids is 2. The lowest BCUT2D eigenvalue weighted by atomic mass is 9.72. The normalized spacial score (nSPS) is 16.5. The molecule has 0 radical (unpaired) electrons. The third-order valence-corrected chi connectivity index (χ3v) is 7.26. The van der Waals surface area contributed by atoms with Crippen LogP contribution >= 0.6 is 0 Å². The molecule has 0 bridgehead atoms. The summed E-state index contributed by atoms with van der Waals surface area (Å²) in [6, 6.07) is 11.7. The van der Waals surface area contributed by atoms with Crippen molar-refractivity contribution in [3.63, 3.8) is 0 Å². The van der Waals surface area contributed by atoms with Crippen molar-refractivity contribution < 1.29 is 58.7 Å². The largest absolute Gasteiger partial charge is 0.493 e. The number of rotatable bonds is 16. The molecule has 3 rings (SSSR count). The number of aliphatic hydroxyl groups is 2. The van der Waals surface area contributed by atoms with Crippen molar-refractivity contribution in [2.24, 2.45) is 5.41 Å². The molecule has 0 heterocycles. The van der Waals surface area contributed by atoms with Gasteiger partial charge in [0.15, 0.2) is 23.1 Å². The Bertz CT molecular complexity index is 1580. The van der Waals surface area contributed by atoms with Crippen molar-refractivity contribution in [2.45, 2.75) is 58.2 Å². The van der Waals surface area contributed by atoms with E-state index >= 15 is 0 Å². The van der Waals surface area contributed by atoms with Gasteiger partial charge in [0.25, 0.3) is 0 Å². The molecule has 1 unspecified atom stereocenters. The second kappa shape index (κ2) is 14.0. The summed E-state index contributed by atoms with van der Waals surface area (Å²) in [4.78, 5) is 74.8. The maximum Gasteiger partial charge on any atom is 0.336 e. The van der Waals surface area contributed by atoms with Crippen LogP contribution in [-0.2, 0) is 19.2 Å². The van der Waals surface area contributed by atoms with E-state index in [0.29, 0.717) is 5.75 Å². The number of carboxylic acids is 2. The van der Waals surface area contributed by atoms with Crippen molar-refractivity contribution >= 4 is 35.1 Å². The number of ether oxygens (including phenoxy) is 2. The lowest BCUT2D eigenvalue weighted by Crippen LogP contribution is -2.40. The summed E-state index contributed by atoms with van der Waals surface area (Å²) in [5, 5.41) is 39.6. The van der Waals surface area contributed by atoms with Crippen LogP contribution in [0, 0.1) is 5.41 Å². The molecule has 12 nitrogen and oxygen atoms in total. The second-order valence-electron chi connectivity index (χ2n) is 11.8. The molecule has 46 heavy (non-hydrogen) atoms. The van der Waals surface area contributed by atoms with Gasteiger partial charge in [0, 0.05) is 29.5 Å². The number of carboxylic acid groups (broad SMARTS) is 2. The SMILES string of the molecule is CC(C)(O)C(=O)c1ccc(OCCC(=O)C2=CCC(C(=O)O)(C(=O)CCOc3ccc(C(=O)C(C)(C)O)cc3)C=C2C(=O)O)cc1. The van der Waals surface area contributed by atoms with Gasteiger partial charge in [-0.25, -0.2) is 4.79 Å². The predicted molar refractivity (Wildman–Crippen MR) is 163 cm³/mol. The summed E-state index contributed by atoms with van der Waals surface area (Å²) >= 11 is 0. The van der Waals surface area contributed by atoms with Crippen LogP contribution in [0.25, 0.3) is 0 Å². The lowest BCUT2D eigenvalue weighted by molar-refractivity contribution is -0.151. The van der Waals surface area contributed by atoms with Crippen LogP contribution in [0.2, 0.25) is 0 Å². The van der Waals surface area contributed by atoms with Crippen LogP contribution in [0.4, 0.5) is 0 Å². The fourth-order valence-electron chi connectivity index (χ4n) is 4.65. The molecule has 1 atom stereocenters. The van der Waals surface area contributed by atoms with Crippen LogP contribution in [0.3, 0.4) is 0 Å². The van der Waals surface area contributed by atoms with E-state index in [1.165, 1.54) is 76.2 Å². The van der Waals surface area contributed by atoms with Gasteiger partial charge in [-0.15, -0.1) is 0 Å². The number of hydrogen-bond donors (Lipinski definition) is 4. The van der Waals surface area contributed by atoms with Gasteiger partial charge in [0.05, 0.1) is 18.8 Å². The fourth-order valence-corrected chi connectivity index (χ4v) is 4.65. The third kappa shape index (κ3) is 8.40. The third-order valence-electron chi connectivity index (χ3n) is 7.26. The van der Waals surface area contributed by atoms with E-state index in [2.05, 4.69) is 0 Å². The number of benzene rings is 2. The van der Waals surface area contributed by atoms with E-state index in [0.717, 1.165) is 12.2 Å². The summed E-state index contributed by atoms with van der Waals surface area (Å²) in [5.74, 6) is -5.00. The Kier molecular flexibility index (Phi) is 10.8. The smallest absolute Gasteiger partial charge is 0.336 e. The molecule has 244 valence electrons. The molecule has 0 aromatic heterocycles. The molecule has 4 N–H and O–H groups in total. The first-order valence-corrected chi connectivity index (χ1v) is 14.3. The first-order chi connectivity index (χ1) is 21.4. The highest BCUT2D eigenvalue weighted by Gasteiger charge is 2.46. The Hall–Kier alpha value is -4.94. The number of carbonyl (C=O) groups is 6. The first kappa shape index (κ1) is 35.5. The lowest BCUT2D eigenvalue weighted by Gasteiger charge is -2.28. The van der Waals surface area contributed by atoms with Gasteiger partial charge in [-0.3, -0.25) is 24.0 Å². The van der Waals surface area contributed by atoms with Crippen LogP contribution in [0.1, 0.15) is 67.7 Å². The zero-order chi connectivity index (χ0) is 34.4. The van der Waals surface area contributed by atoms with Gasteiger partial charge in [-0.05, 0) is 88.7 Å². The first-order valence-electron chi connectivity index (χ1n) is 14.3. The van der Waals surface area contributed by atoms with Gasteiger partial charge in [-0.2, -0.15) is 0 Å². The zero-order valence-electron chi connectivity index (χ0n) is 25.9. The summed E-state index contributed by atoms with van der Waals surface area (Å²) < 4.78 is 11.1. The van der Waals surface area contributed by atoms with Gasteiger partial charge < -0.3 is 29.9 Å². The van der Waals surface area contributed by atoms with E-state index in [4.69, 9.17) is 9.47 Å². The number of ketones is 4. The quantitative estimate of drug-likeness (QED) is 0.155. The molecule has 0 saturated carbocycles. The molecule has 0 aliphatic heterocycles. The second-order valence-corrected chi connectivity index (χ2v) is 11.8. The zero-order valence-corrected chi connectivity index (χ0v) is 25.9. The minimum absolute atomic E-state index is 0.158. The topological polar surface area (TPSA) is 202 Å². The molecular weight excluding hydrogens is 600 g/mol. The Morgan fingerprint density at radius 3 is 1.52 bits per heavy atom. The molecule has 0 saturated heterocycles. The Labute approximate surface area is 265 Å². The fraction of sp³-hybridized carbons (Fsp3) is 0.353. The van der Waals surface area contributed by atoms with E-state index in [-0.39, 0.29) is 42.1 Å². The van der Waals surface area contributed by atoms with Crippen molar-refractivity contribution in [1.29, 1.82) is 0 Å². The number of Topliss-reactive ketones (excluding diaryl/α,β-unsaturated/α-hetero) is 4. The van der Waals surface area contributed by atoms with Gasteiger partial charge >= 0.3 is 11.9 Å². The number of hydrogen-bond acceptors (Lipinski definition) is 10. The van der Waals surface area contributed by atoms with Gasteiger partial charge in [0.2, 0.25) is 0 Å². The van der Waals surface area contributed by atoms with Gasteiger partial charge in [-0.1, -0.05) is 6.08 Å². The van der Waals surface area contributed by atoms with Crippen molar-refractivity contribution in [1.82, 2.24) is 0 Å². The Balaban J connectivity index is 1.64. The molecule has 12 heteroatoms. The maximum atomic E-state index is 13.2. The summed E-state index contributed by atoms with van der Waals surface area (Å²) in [5.41, 5.74) is -5.71. The van der Waals surface area contributed by atoms with Crippen LogP contribution in [0.15, 0.2) is 71.8 Å². The highest BCUT2D eigenvalue weighted by molar-refractivity contribution is 6.14. The van der Waals surface area contributed by atoms with Crippen LogP contribution < -0.4 is 9.47 Å². The van der Waals surface area contributed by atoms with E-state index in [1.807, 2.05) is 0 Å². The molecular formula is C34H36O12. The van der Waals surface area contributed by atoms with E-state index in [9.17, 15) is 49.2 Å². The van der Waals surface area contributed by atoms with E-state index < -0.39 is 70.1 Å². The summed E-state index contributed by atoms with van der Waals surface area (Å²) in [6.45, 7) is 5.04. The van der Waals surface area contributed by atoms with Crippen molar-refractivity contribution in [2.75, 3.05) is 13.2 Å². The monoisotopic (exact) mass is 636 g/mol. The van der Waals surface area contributed by atoms with Gasteiger partial charge in [0.1, 0.15) is 28.1 Å². The molecule has 2 aromatic rings. The van der Waals surface area contributed by atoms with Crippen molar-refractivity contribution in [3.05, 3.63) is 83.0 Å². The summed E-state index contributed by atoms with van der Waals surface area (Å²) in [7, 11) is 0. The molecule has 0 spiro atoms. The average molecular weight is 637 g/mol.